The first-order chi connectivity index (χ1) is 9.58. The number of rotatable bonds is 0. The first kappa shape index (κ1) is 14.3. The molecule has 94 valence electrons. The maximum absolute atomic E-state index is 9.17. The molecule has 0 heterocycles. The first-order valence-electron chi connectivity index (χ1n) is 5.44. The highest BCUT2D eigenvalue weighted by atomic mass is 79.9. The van der Waals surface area contributed by atoms with E-state index in [1.54, 1.807) is 6.07 Å². The van der Waals surface area contributed by atoms with Crippen LogP contribution in [-0.4, -0.2) is 0 Å². The summed E-state index contributed by atoms with van der Waals surface area (Å²) in [5.41, 5.74) is 2.28. The summed E-state index contributed by atoms with van der Waals surface area (Å²) in [6.07, 6.45) is 0.338. The van der Waals surface area contributed by atoms with Gasteiger partial charge in [0.05, 0.1) is 34.8 Å². The summed E-state index contributed by atoms with van der Waals surface area (Å²) in [6.45, 7) is 0. The number of fused-ring (bicyclic) bond motifs is 1. The molecular weight excluding hydrogens is 384 g/mol. The molecule has 0 spiro atoms. The Labute approximate surface area is 132 Å². The van der Waals surface area contributed by atoms with Crippen molar-refractivity contribution in [3.63, 3.8) is 0 Å². The van der Waals surface area contributed by atoms with Gasteiger partial charge >= 0.3 is 0 Å². The van der Waals surface area contributed by atoms with Crippen molar-refractivity contribution in [1.29, 1.82) is 21.0 Å². The zero-order valence-electron chi connectivity index (χ0n) is 9.91. The topological polar surface area (TPSA) is 95.2 Å². The fourth-order valence-corrected chi connectivity index (χ4v) is 3.52. The average molecular weight is 388 g/mol. The monoisotopic (exact) mass is 386 g/mol. The van der Waals surface area contributed by atoms with E-state index in [0.29, 0.717) is 26.5 Å². The second-order valence-corrected chi connectivity index (χ2v) is 5.67. The minimum Gasteiger partial charge on any atom is -0.198 e. The molecule has 0 amide bonds. The fraction of sp³-hybridized carbons (Fsp3) is 0.143. The second kappa shape index (κ2) is 5.48. The summed E-state index contributed by atoms with van der Waals surface area (Å²) in [5, 5.41) is 36.6. The lowest BCUT2D eigenvalue weighted by Gasteiger charge is -2.22. The van der Waals surface area contributed by atoms with Crippen molar-refractivity contribution in [2.45, 2.75) is 6.42 Å². The molecule has 0 saturated heterocycles. The van der Waals surface area contributed by atoms with Crippen molar-refractivity contribution in [1.82, 2.24) is 0 Å². The van der Waals surface area contributed by atoms with Crippen LogP contribution in [0.4, 0.5) is 0 Å². The molecule has 20 heavy (non-hydrogen) atoms. The molecule has 1 aliphatic carbocycles. The molecule has 0 aromatic heterocycles. The molecule has 0 radical (unpaired) electrons. The molecule has 1 aromatic carbocycles. The lowest BCUT2D eigenvalue weighted by atomic mass is 9.83. The lowest BCUT2D eigenvalue weighted by Crippen LogP contribution is -2.14. The van der Waals surface area contributed by atoms with Gasteiger partial charge in [-0.25, -0.2) is 0 Å². The van der Waals surface area contributed by atoms with Crippen molar-refractivity contribution in [3.8, 4) is 24.3 Å². The van der Waals surface area contributed by atoms with Crippen LogP contribution in [-0.2, 0) is 6.42 Å². The minimum absolute atomic E-state index is 0.239. The molecule has 1 atom stereocenters. The van der Waals surface area contributed by atoms with E-state index >= 15 is 0 Å². The van der Waals surface area contributed by atoms with Crippen molar-refractivity contribution < 1.29 is 0 Å². The van der Waals surface area contributed by atoms with Crippen LogP contribution in [0, 0.1) is 51.2 Å². The lowest BCUT2D eigenvalue weighted by molar-refractivity contribution is 0.776. The Morgan fingerprint density at radius 2 is 1.75 bits per heavy atom. The summed E-state index contributed by atoms with van der Waals surface area (Å²) in [7, 11) is 0. The summed E-state index contributed by atoms with van der Waals surface area (Å²) in [6, 6.07) is 9.66. The van der Waals surface area contributed by atoms with Gasteiger partial charge in [0.25, 0.3) is 0 Å². The van der Waals surface area contributed by atoms with Gasteiger partial charge in [-0.05, 0) is 55.5 Å². The van der Waals surface area contributed by atoms with Crippen LogP contribution in [0.15, 0.2) is 16.1 Å². The maximum Gasteiger partial charge on any atom is 0.102 e. The van der Waals surface area contributed by atoms with E-state index in [1.165, 1.54) is 0 Å². The quantitative estimate of drug-likeness (QED) is 0.680. The van der Waals surface area contributed by atoms with E-state index in [2.05, 4.69) is 37.9 Å². The Morgan fingerprint density at radius 1 is 1.05 bits per heavy atom. The van der Waals surface area contributed by atoms with Gasteiger partial charge in [-0.2, -0.15) is 21.0 Å². The number of halogens is 2. The molecule has 0 aliphatic heterocycles. The van der Waals surface area contributed by atoms with Crippen LogP contribution in [0.3, 0.4) is 0 Å². The number of nitrogens with zero attached hydrogens (tertiary/aromatic N) is 4. The number of nitriles is 4. The van der Waals surface area contributed by atoms with Gasteiger partial charge in [-0.3, -0.25) is 0 Å². The summed E-state index contributed by atoms with van der Waals surface area (Å²) in [4.78, 5) is 0. The Bertz CT molecular complexity index is 810. The standard InChI is InChI=1S/C14H4Br2N4/c15-13-9-1-7(3-17)11(5-19)14(16)10(9)2-8(4-18)12(13)6-20/h1,8H,2H2. The van der Waals surface area contributed by atoms with Gasteiger partial charge in [0.1, 0.15) is 12.1 Å². The van der Waals surface area contributed by atoms with Crippen LogP contribution in [0.5, 0.6) is 0 Å². The predicted octanol–water partition coefficient (Wildman–Crippen LogP) is 3.52. The molecule has 1 unspecified atom stereocenters. The number of hydrogen-bond acceptors (Lipinski definition) is 4. The number of allylic oxidation sites excluding steroid dienone is 1. The molecular formula is C14H4Br2N4. The van der Waals surface area contributed by atoms with Gasteiger partial charge in [0.15, 0.2) is 0 Å². The average Bonchev–Trinajstić information content (AvgIpc) is 2.47. The highest BCUT2D eigenvalue weighted by Gasteiger charge is 2.29. The smallest absolute Gasteiger partial charge is 0.102 e. The van der Waals surface area contributed by atoms with Gasteiger partial charge in [0.2, 0.25) is 0 Å². The third-order valence-corrected chi connectivity index (χ3v) is 4.84. The molecule has 0 fully saturated rings. The van der Waals surface area contributed by atoms with E-state index in [1.807, 2.05) is 18.2 Å². The van der Waals surface area contributed by atoms with E-state index in [4.69, 9.17) is 21.0 Å². The van der Waals surface area contributed by atoms with Crippen molar-refractivity contribution in [2.75, 3.05) is 0 Å². The van der Waals surface area contributed by atoms with Gasteiger partial charge < -0.3 is 0 Å². The largest absolute Gasteiger partial charge is 0.198 e. The normalized spacial score (nSPS) is 16.4. The highest BCUT2D eigenvalue weighted by Crippen LogP contribution is 2.42. The van der Waals surface area contributed by atoms with Crippen molar-refractivity contribution >= 4 is 36.3 Å². The van der Waals surface area contributed by atoms with Gasteiger partial charge in [-0.1, -0.05) is 0 Å². The number of hydrogen-bond donors (Lipinski definition) is 0. The summed E-state index contributed by atoms with van der Waals surface area (Å²) >= 11 is 6.67. The van der Waals surface area contributed by atoms with Gasteiger partial charge in [-0.15, -0.1) is 0 Å². The second-order valence-electron chi connectivity index (χ2n) is 4.09. The van der Waals surface area contributed by atoms with Crippen LogP contribution in [0.1, 0.15) is 22.3 Å². The van der Waals surface area contributed by atoms with Crippen LogP contribution in [0.2, 0.25) is 0 Å². The van der Waals surface area contributed by atoms with Crippen LogP contribution in [0.25, 0.3) is 4.48 Å². The molecule has 0 N–H and O–H groups in total. The third kappa shape index (κ3) is 2.00. The van der Waals surface area contributed by atoms with Crippen molar-refractivity contribution in [2.24, 2.45) is 5.92 Å². The van der Waals surface area contributed by atoms with Crippen molar-refractivity contribution in [3.05, 3.63) is 38.4 Å². The zero-order chi connectivity index (χ0) is 14.9. The molecule has 2 rings (SSSR count). The van der Waals surface area contributed by atoms with Crippen LogP contribution >= 0.6 is 31.9 Å². The van der Waals surface area contributed by atoms with E-state index in [0.717, 1.165) is 5.56 Å². The van der Waals surface area contributed by atoms with E-state index < -0.39 is 5.92 Å². The van der Waals surface area contributed by atoms with Gasteiger partial charge in [0, 0.05) is 8.96 Å². The Morgan fingerprint density at radius 3 is 2.25 bits per heavy atom. The zero-order valence-corrected chi connectivity index (χ0v) is 13.1. The predicted molar refractivity (Wildman–Crippen MR) is 77.8 cm³/mol. The van der Waals surface area contributed by atoms with E-state index in [9.17, 15) is 0 Å². The minimum atomic E-state index is -0.558. The SMILES string of the molecule is N#CC1=C(Br)c2cc(C#N)c(C#N)c(Br)c2CC1C#N. The molecule has 6 heteroatoms. The Kier molecular flexibility index (Phi) is 3.91. The van der Waals surface area contributed by atoms with Crippen LogP contribution < -0.4 is 0 Å². The molecule has 1 aromatic rings. The Balaban J connectivity index is 2.86. The summed E-state index contributed by atoms with van der Waals surface area (Å²) < 4.78 is 1.03. The fourth-order valence-electron chi connectivity index (χ4n) is 2.13. The maximum atomic E-state index is 9.17. The molecule has 1 aliphatic rings. The summed E-state index contributed by atoms with van der Waals surface area (Å²) in [5.74, 6) is -0.558. The highest BCUT2D eigenvalue weighted by molar-refractivity contribution is 9.15. The third-order valence-electron chi connectivity index (χ3n) is 3.11. The first-order valence-corrected chi connectivity index (χ1v) is 7.02. The molecule has 0 bridgehead atoms. The molecule has 4 nitrogen and oxygen atoms in total. The molecule has 0 saturated carbocycles. The Hall–Kier alpha value is -2.12. The van der Waals surface area contributed by atoms with E-state index in [-0.39, 0.29) is 11.1 Å². The number of benzene rings is 1.